The predicted octanol–water partition coefficient (Wildman–Crippen LogP) is 5.22. The number of nitrogens with zero attached hydrogens (tertiary/aromatic N) is 1. The van der Waals surface area contributed by atoms with E-state index in [1.807, 2.05) is 24.3 Å². The van der Waals surface area contributed by atoms with E-state index in [0.717, 1.165) is 31.2 Å². The van der Waals surface area contributed by atoms with Gasteiger partial charge in [-0.15, -0.1) is 11.3 Å². The first-order valence-corrected chi connectivity index (χ1v) is 7.65. The average molecular weight is 360 g/mol. The summed E-state index contributed by atoms with van der Waals surface area (Å²) < 4.78 is 4.66. The highest BCUT2D eigenvalue weighted by Gasteiger charge is 2.06. The molecule has 0 bridgehead atoms. The molecule has 0 aliphatic rings. The molecular formula is C12H8BrClN2S2. The number of aromatic nitrogens is 2. The maximum absolute atomic E-state index is 5.95. The summed E-state index contributed by atoms with van der Waals surface area (Å²) >= 11 is 16.4. The van der Waals surface area contributed by atoms with E-state index in [1.165, 1.54) is 4.88 Å². The first-order valence-electron chi connectivity index (χ1n) is 5.26. The van der Waals surface area contributed by atoms with Crippen LogP contribution in [0.15, 0.2) is 34.8 Å². The number of benzene rings is 1. The Labute approximate surface area is 126 Å². The number of aromatic amines is 1. The van der Waals surface area contributed by atoms with E-state index in [0.29, 0.717) is 0 Å². The highest BCUT2D eigenvalue weighted by atomic mass is 79.9. The summed E-state index contributed by atoms with van der Waals surface area (Å²) in [6.07, 6.45) is 0. The summed E-state index contributed by atoms with van der Waals surface area (Å²) in [5.74, 6) is 0. The summed E-state index contributed by atoms with van der Waals surface area (Å²) in [6, 6.07) is 10.1. The highest BCUT2D eigenvalue weighted by molar-refractivity contribution is 9.10. The number of rotatable bonds is 2. The Morgan fingerprint density at radius 2 is 2.17 bits per heavy atom. The lowest BCUT2D eigenvalue weighted by molar-refractivity contribution is 0.823. The van der Waals surface area contributed by atoms with Gasteiger partial charge >= 0.3 is 0 Å². The molecule has 0 saturated heterocycles. The van der Waals surface area contributed by atoms with Gasteiger partial charge in [0, 0.05) is 9.35 Å². The van der Waals surface area contributed by atoms with E-state index in [9.17, 15) is 0 Å². The van der Waals surface area contributed by atoms with Crippen LogP contribution in [0.25, 0.3) is 11.0 Å². The lowest BCUT2D eigenvalue weighted by Crippen LogP contribution is -1.97. The van der Waals surface area contributed by atoms with Gasteiger partial charge in [0.15, 0.2) is 4.77 Å². The molecule has 2 heterocycles. The topological polar surface area (TPSA) is 20.7 Å². The number of thiophene rings is 1. The number of fused-ring (bicyclic) bond motifs is 1. The first-order chi connectivity index (χ1) is 8.63. The van der Waals surface area contributed by atoms with Crippen molar-refractivity contribution in [3.63, 3.8) is 0 Å². The molecule has 3 rings (SSSR count). The Morgan fingerprint density at radius 3 is 2.89 bits per heavy atom. The monoisotopic (exact) mass is 358 g/mol. The molecule has 0 aliphatic carbocycles. The molecular weight excluding hydrogens is 352 g/mol. The number of H-pyrrole nitrogens is 1. The molecule has 0 radical (unpaired) electrons. The molecule has 0 saturated carbocycles. The quantitative estimate of drug-likeness (QED) is 0.622. The van der Waals surface area contributed by atoms with Crippen molar-refractivity contribution in [2.45, 2.75) is 6.54 Å². The van der Waals surface area contributed by atoms with Crippen molar-refractivity contribution in [3.8, 4) is 0 Å². The molecule has 1 aromatic carbocycles. The summed E-state index contributed by atoms with van der Waals surface area (Å²) in [7, 11) is 0. The van der Waals surface area contributed by atoms with Crippen LogP contribution in [0, 0.1) is 4.77 Å². The van der Waals surface area contributed by atoms with E-state index in [4.69, 9.17) is 23.8 Å². The molecule has 0 unspecified atom stereocenters. The molecule has 1 N–H and O–H groups in total. The number of halogens is 2. The maximum atomic E-state index is 5.95. The van der Waals surface area contributed by atoms with Crippen LogP contribution in [-0.2, 0) is 6.54 Å². The van der Waals surface area contributed by atoms with Crippen LogP contribution < -0.4 is 0 Å². The van der Waals surface area contributed by atoms with Crippen molar-refractivity contribution in [2.75, 3.05) is 0 Å². The minimum atomic E-state index is 0.729. The third-order valence-corrected chi connectivity index (χ3v) is 4.71. The van der Waals surface area contributed by atoms with Gasteiger partial charge in [-0.1, -0.05) is 27.5 Å². The third kappa shape index (κ3) is 2.28. The standard InChI is InChI=1S/C12H8BrClN2S2/c13-7-1-3-10-9(5-7)15-12(17)16(10)6-8-2-4-11(14)18-8/h1-5H,6H2,(H,15,17). The Bertz CT molecular complexity index is 772. The van der Waals surface area contributed by atoms with Gasteiger partial charge in [-0.2, -0.15) is 0 Å². The van der Waals surface area contributed by atoms with Crippen molar-refractivity contribution >= 4 is 62.1 Å². The summed E-state index contributed by atoms with van der Waals surface area (Å²) in [6.45, 7) is 0.748. The van der Waals surface area contributed by atoms with Crippen LogP contribution in [0.5, 0.6) is 0 Å². The molecule has 2 aromatic heterocycles. The zero-order valence-electron chi connectivity index (χ0n) is 9.11. The van der Waals surface area contributed by atoms with Crippen LogP contribution in [0.1, 0.15) is 4.88 Å². The second kappa shape index (κ2) is 4.81. The second-order valence-corrected chi connectivity index (χ2v) is 6.99. The van der Waals surface area contributed by atoms with Crippen molar-refractivity contribution in [1.29, 1.82) is 0 Å². The lowest BCUT2D eigenvalue weighted by Gasteiger charge is -2.02. The van der Waals surface area contributed by atoms with Gasteiger partial charge < -0.3 is 9.55 Å². The SMILES string of the molecule is S=c1[nH]c2cc(Br)ccc2n1Cc1ccc(Cl)s1. The Hall–Kier alpha value is -0.620. The van der Waals surface area contributed by atoms with E-state index >= 15 is 0 Å². The molecule has 0 amide bonds. The molecule has 0 spiro atoms. The van der Waals surface area contributed by atoms with Crippen LogP contribution in [-0.4, -0.2) is 9.55 Å². The van der Waals surface area contributed by atoms with Gasteiger partial charge in [-0.25, -0.2) is 0 Å². The number of imidazole rings is 1. The van der Waals surface area contributed by atoms with E-state index < -0.39 is 0 Å². The van der Waals surface area contributed by atoms with Gasteiger partial charge in [0.1, 0.15) is 0 Å². The van der Waals surface area contributed by atoms with E-state index in [2.05, 4.69) is 31.5 Å². The second-order valence-electron chi connectivity index (χ2n) is 3.88. The van der Waals surface area contributed by atoms with Gasteiger partial charge in [-0.05, 0) is 42.5 Å². The zero-order valence-corrected chi connectivity index (χ0v) is 13.1. The molecule has 3 aromatic rings. The largest absolute Gasteiger partial charge is 0.331 e. The Balaban J connectivity index is 2.11. The minimum Gasteiger partial charge on any atom is -0.331 e. The fourth-order valence-electron chi connectivity index (χ4n) is 1.89. The normalized spacial score (nSPS) is 11.2. The van der Waals surface area contributed by atoms with Crippen molar-refractivity contribution in [1.82, 2.24) is 9.55 Å². The van der Waals surface area contributed by atoms with Crippen LogP contribution in [0.3, 0.4) is 0 Å². The maximum Gasteiger partial charge on any atom is 0.178 e. The molecule has 0 fully saturated rings. The fourth-order valence-corrected chi connectivity index (χ4v) is 3.60. The molecule has 0 atom stereocenters. The lowest BCUT2D eigenvalue weighted by atomic mass is 10.3. The fraction of sp³-hybridized carbons (Fsp3) is 0.0833. The van der Waals surface area contributed by atoms with Gasteiger partial charge in [0.05, 0.1) is 21.9 Å². The Kier molecular flexibility index (Phi) is 3.32. The van der Waals surface area contributed by atoms with Crippen LogP contribution in [0.2, 0.25) is 4.34 Å². The van der Waals surface area contributed by atoms with Gasteiger partial charge in [0.25, 0.3) is 0 Å². The third-order valence-electron chi connectivity index (χ3n) is 2.68. The Morgan fingerprint density at radius 1 is 1.33 bits per heavy atom. The van der Waals surface area contributed by atoms with Crippen molar-refractivity contribution in [2.24, 2.45) is 0 Å². The van der Waals surface area contributed by atoms with Crippen molar-refractivity contribution < 1.29 is 0 Å². The number of hydrogen-bond acceptors (Lipinski definition) is 2. The van der Waals surface area contributed by atoms with Gasteiger partial charge in [-0.3, -0.25) is 0 Å². The summed E-state index contributed by atoms with van der Waals surface area (Å²) in [4.78, 5) is 4.41. The van der Waals surface area contributed by atoms with Gasteiger partial charge in [0.2, 0.25) is 0 Å². The zero-order chi connectivity index (χ0) is 12.7. The number of hydrogen-bond donors (Lipinski definition) is 1. The van der Waals surface area contributed by atoms with Crippen LogP contribution >= 0.6 is 51.1 Å². The average Bonchev–Trinajstić information content (AvgIpc) is 2.84. The summed E-state index contributed by atoms with van der Waals surface area (Å²) in [5, 5.41) is 0. The summed E-state index contributed by atoms with van der Waals surface area (Å²) in [5.41, 5.74) is 2.14. The van der Waals surface area contributed by atoms with Crippen LogP contribution in [0.4, 0.5) is 0 Å². The highest BCUT2D eigenvalue weighted by Crippen LogP contribution is 2.25. The molecule has 92 valence electrons. The molecule has 0 aliphatic heterocycles. The van der Waals surface area contributed by atoms with Crippen molar-refractivity contribution in [3.05, 3.63) is 48.8 Å². The molecule has 2 nitrogen and oxygen atoms in total. The minimum absolute atomic E-state index is 0.729. The molecule has 6 heteroatoms. The van der Waals surface area contributed by atoms with E-state index in [-0.39, 0.29) is 0 Å². The smallest absolute Gasteiger partial charge is 0.178 e. The number of nitrogens with one attached hydrogen (secondary N) is 1. The first kappa shape index (κ1) is 12.4. The van der Waals surface area contributed by atoms with E-state index in [1.54, 1.807) is 11.3 Å². The molecule has 18 heavy (non-hydrogen) atoms. The predicted molar refractivity (Wildman–Crippen MR) is 83.3 cm³/mol.